The van der Waals surface area contributed by atoms with E-state index in [1.807, 2.05) is 6.07 Å². The maximum atomic E-state index is 13.3. The number of hydrogen-bond acceptors (Lipinski definition) is 2. The first kappa shape index (κ1) is 12.1. The van der Waals surface area contributed by atoms with Crippen LogP contribution in [0.4, 0.5) is 4.39 Å². The van der Waals surface area contributed by atoms with Crippen molar-refractivity contribution in [2.24, 2.45) is 5.73 Å². The van der Waals surface area contributed by atoms with Crippen LogP contribution in [0.1, 0.15) is 37.2 Å². The molecule has 0 bridgehead atoms. The van der Waals surface area contributed by atoms with Crippen LogP contribution in [0.3, 0.4) is 0 Å². The van der Waals surface area contributed by atoms with Crippen LogP contribution in [0.15, 0.2) is 24.3 Å². The first-order chi connectivity index (χ1) is 8.72. The lowest BCUT2D eigenvalue weighted by molar-refractivity contribution is 0.0847. The van der Waals surface area contributed by atoms with Crippen LogP contribution < -0.4 is 5.73 Å². The molecule has 2 aliphatic rings. The van der Waals surface area contributed by atoms with E-state index in [-0.39, 0.29) is 11.9 Å². The van der Waals surface area contributed by atoms with Gasteiger partial charge in [-0.15, -0.1) is 0 Å². The van der Waals surface area contributed by atoms with Gasteiger partial charge in [0.15, 0.2) is 0 Å². The molecular formula is C15H21FN2. The summed E-state index contributed by atoms with van der Waals surface area (Å²) in [6.07, 6.45) is 4.94. The fourth-order valence-corrected chi connectivity index (χ4v) is 3.23. The van der Waals surface area contributed by atoms with Crippen LogP contribution in [-0.2, 0) is 0 Å². The molecule has 98 valence electrons. The smallest absolute Gasteiger partial charge is 0.123 e. The third-order valence-electron chi connectivity index (χ3n) is 4.42. The molecule has 3 rings (SSSR count). The molecule has 3 heteroatoms. The van der Waals surface area contributed by atoms with Gasteiger partial charge in [-0.3, -0.25) is 4.90 Å². The predicted molar refractivity (Wildman–Crippen MR) is 70.9 cm³/mol. The summed E-state index contributed by atoms with van der Waals surface area (Å²) in [6, 6.07) is 7.97. The monoisotopic (exact) mass is 248 g/mol. The highest BCUT2D eigenvalue weighted by atomic mass is 19.1. The Hall–Kier alpha value is -0.930. The molecule has 1 aliphatic carbocycles. The van der Waals surface area contributed by atoms with Gasteiger partial charge < -0.3 is 5.73 Å². The Morgan fingerprint density at radius 2 is 2.06 bits per heavy atom. The van der Waals surface area contributed by atoms with Gasteiger partial charge in [-0.05, 0) is 42.9 Å². The van der Waals surface area contributed by atoms with Crippen molar-refractivity contribution in [3.05, 3.63) is 35.6 Å². The van der Waals surface area contributed by atoms with Gasteiger partial charge >= 0.3 is 0 Å². The fourth-order valence-electron chi connectivity index (χ4n) is 3.23. The molecule has 0 amide bonds. The van der Waals surface area contributed by atoms with Crippen LogP contribution in [0.2, 0.25) is 0 Å². The second kappa shape index (κ2) is 4.98. The molecule has 0 aromatic heterocycles. The lowest BCUT2D eigenvalue weighted by Crippen LogP contribution is -2.52. The quantitative estimate of drug-likeness (QED) is 0.871. The van der Waals surface area contributed by atoms with Crippen LogP contribution in [-0.4, -0.2) is 30.1 Å². The average Bonchev–Trinajstić information content (AvgIpc) is 2.26. The summed E-state index contributed by atoms with van der Waals surface area (Å²) in [5.41, 5.74) is 7.28. The molecule has 2 N–H and O–H groups in total. The van der Waals surface area contributed by atoms with Crippen molar-refractivity contribution in [1.29, 1.82) is 0 Å². The van der Waals surface area contributed by atoms with E-state index in [4.69, 9.17) is 5.73 Å². The molecule has 2 unspecified atom stereocenters. The second-order valence-electron chi connectivity index (χ2n) is 5.79. The van der Waals surface area contributed by atoms with E-state index in [0.717, 1.165) is 31.1 Å². The van der Waals surface area contributed by atoms with Crippen LogP contribution >= 0.6 is 0 Å². The van der Waals surface area contributed by atoms with Crippen molar-refractivity contribution in [3.8, 4) is 0 Å². The second-order valence-corrected chi connectivity index (χ2v) is 5.79. The van der Waals surface area contributed by atoms with E-state index in [2.05, 4.69) is 4.90 Å². The molecule has 1 saturated heterocycles. The maximum Gasteiger partial charge on any atom is 0.123 e. The Morgan fingerprint density at radius 3 is 2.72 bits per heavy atom. The summed E-state index contributed by atoms with van der Waals surface area (Å²) in [7, 11) is 0. The lowest BCUT2D eigenvalue weighted by atomic mass is 9.84. The van der Waals surface area contributed by atoms with E-state index >= 15 is 0 Å². The summed E-state index contributed by atoms with van der Waals surface area (Å²) >= 11 is 0. The van der Waals surface area contributed by atoms with Crippen LogP contribution in [0.25, 0.3) is 0 Å². The van der Waals surface area contributed by atoms with Crippen molar-refractivity contribution < 1.29 is 4.39 Å². The first-order valence-electron chi connectivity index (χ1n) is 6.97. The SMILES string of the molecule is NC1CC(c2cccc(F)c2)CN(C2CCC2)C1. The zero-order chi connectivity index (χ0) is 12.5. The van der Waals surface area contributed by atoms with Gasteiger partial charge in [0.2, 0.25) is 0 Å². The van der Waals surface area contributed by atoms with Crippen molar-refractivity contribution in [2.45, 2.75) is 43.7 Å². The number of piperidine rings is 1. The van der Waals surface area contributed by atoms with Crippen molar-refractivity contribution in [3.63, 3.8) is 0 Å². The van der Waals surface area contributed by atoms with E-state index < -0.39 is 0 Å². The molecule has 1 heterocycles. The summed E-state index contributed by atoms with van der Waals surface area (Å²) < 4.78 is 13.3. The molecule has 1 aliphatic heterocycles. The van der Waals surface area contributed by atoms with Gasteiger partial charge in [0.25, 0.3) is 0 Å². The van der Waals surface area contributed by atoms with Gasteiger partial charge in [0, 0.05) is 25.2 Å². The number of hydrogen-bond donors (Lipinski definition) is 1. The number of rotatable bonds is 2. The van der Waals surface area contributed by atoms with Gasteiger partial charge in [-0.2, -0.15) is 0 Å². The topological polar surface area (TPSA) is 29.3 Å². The van der Waals surface area contributed by atoms with Gasteiger partial charge in [-0.25, -0.2) is 4.39 Å². The molecule has 1 aromatic carbocycles. The number of halogens is 1. The van der Waals surface area contributed by atoms with Gasteiger partial charge in [0.1, 0.15) is 5.82 Å². The van der Waals surface area contributed by atoms with Crippen LogP contribution in [0, 0.1) is 5.82 Å². The minimum atomic E-state index is -0.137. The minimum absolute atomic E-state index is 0.137. The molecule has 2 atom stereocenters. The molecular weight excluding hydrogens is 227 g/mol. The third-order valence-corrected chi connectivity index (χ3v) is 4.42. The maximum absolute atomic E-state index is 13.3. The largest absolute Gasteiger partial charge is 0.327 e. The highest BCUT2D eigenvalue weighted by Gasteiger charge is 2.32. The van der Waals surface area contributed by atoms with E-state index in [1.165, 1.54) is 25.3 Å². The Labute approximate surface area is 108 Å². The number of benzene rings is 1. The highest BCUT2D eigenvalue weighted by molar-refractivity contribution is 5.22. The summed E-state index contributed by atoms with van der Waals surface area (Å²) in [5, 5.41) is 0. The molecule has 0 radical (unpaired) electrons. The van der Waals surface area contributed by atoms with Crippen molar-refractivity contribution in [2.75, 3.05) is 13.1 Å². The molecule has 1 saturated carbocycles. The zero-order valence-corrected chi connectivity index (χ0v) is 10.7. The summed E-state index contributed by atoms with van der Waals surface area (Å²) in [4.78, 5) is 2.52. The van der Waals surface area contributed by atoms with E-state index in [1.54, 1.807) is 12.1 Å². The zero-order valence-electron chi connectivity index (χ0n) is 10.7. The molecule has 0 spiro atoms. The standard InChI is InChI=1S/C15H21FN2/c16-13-4-1-3-11(7-13)12-8-14(17)10-18(9-12)15-5-2-6-15/h1,3-4,7,12,14-15H,2,5-6,8-10,17H2. The van der Waals surface area contributed by atoms with E-state index in [0.29, 0.717) is 5.92 Å². The molecule has 2 nitrogen and oxygen atoms in total. The number of nitrogens with zero attached hydrogens (tertiary/aromatic N) is 1. The Kier molecular flexibility index (Phi) is 3.35. The Bertz CT molecular complexity index is 417. The Morgan fingerprint density at radius 1 is 1.22 bits per heavy atom. The minimum Gasteiger partial charge on any atom is -0.327 e. The number of likely N-dealkylation sites (tertiary alicyclic amines) is 1. The van der Waals surface area contributed by atoms with Crippen molar-refractivity contribution >= 4 is 0 Å². The summed E-state index contributed by atoms with van der Waals surface area (Å²) in [6.45, 7) is 2.05. The van der Waals surface area contributed by atoms with Crippen LogP contribution in [0.5, 0.6) is 0 Å². The van der Waals surface area contributed by atoms with Gasteiger partial charge in [0.05, 0.1) is 0 Å². The molecule has 1 aromatic rings. The van der Waals surface area contributed by atoms with E-state index in [9.17, 15) is 4.39 Å². The average molecular weight is 248 g/mol. The Balaban J connectivity index is 1.75. The fraction of sp³-hybridized carbons (Fsp3) is 0.600. The lowest BCUT2D eigenvalue weighted by Gasteiger charge is -2.44. The van der Waals surface area contributed by atoms with Gasteiger partial charge in [-0.1, -0.05) is 18.6 Å². The predicted octanol–water partition coefficient (Wildman–Crippen LogP) is 2.49. The normalized spacial score (nSPS) is 30.1. The summed E-state index contributed by atoms with van der Waals surface area (Å²) in [5.74, 6) is 0.256. The molecule has 18 heavy (non-hydrogen) atoms. The molecule has 2 fully saturated rings. The highest BCUT2D eigenvalue weighted by Crippen LogP contribution is 2.32. The third kappa shape index (κ3) is 2.43. The van der Waals surface area contributed by atoms with Crippen molar-refractivity contribution in [1.82, 2.24) is 4.90 Å². The number of nitrogens with two attached hydrogens (primary N) is 1. The first-order valence-corrected chi connectivity index (χ1v) is 6.97.